The van der Waals surface area contributed by atoms with E-state index in [1.54, 1.807) is 0 Å². The van der Waals surface area contributed by atoms with E-state index < -0.39 is 49.4 Å². The van der Waals surface area contributed by atoms with Crippen LogP contribution in [0.25, 0.3) is 10.2 Å². The van der Waals surface area contributed by atoms with Crippen molar-refractivity contribution in [1.82, 2.24) is 4.98 Å². The van der Waals surface area contributed by atoms with E-state index in [0.29, 0.717) is 32.4 Å². The van der Waals surface area contributed by atoms with Gasteiger partial charge in [-0.05, 0) is 24.3 Å². The Morgan fingerprint density at radius 1 is 1.24 bits per heavy atom. The minimum absolute atomic E-state index is 0.124. The van der Waals surface area contributed by atoms with Crippen molar-refractivity contribution in [2.45, 2.75) is 17.1 Å². The third-order valence-electron chi connectivity index (χ3n) is 4.44. The van der Waals surface area contributed by atoms with E-state index in [1.807, 2.05) is 0 Å². The number of carbonyl (C=O) groups is 1. The topological polar surface area (TPSA) is 149 Å². The number of benzene rings is 2. The Bertz CT molecular complexity index is 1470. The van der Waals surface area contributed by atoms with Gasteiger partial charge in [0.25, 0.3) is 5.69 Å². The zero-order valence-corrected chi connectivity index (χ0v) is 18.8. The SMILES string of the molecule is O=C(O)[C@H]1CSC(c2nc3ccc(OS(=O)(=O)c4ccc(C(F)(F)F)cc4[N+](=O)[O-])cc3s2)=N1. The van der Waals surface area contributed by atoms with Gasteiger partial charge in [-0.1, -0.05) is 0 Å². The number of aliphatic carboxylic acids is 1. The highest BCUT2D eigenvalue weighted by Crippen LogP contribution is 2.36. The molecule has 0 radical (unpaired) electrons. The first-order valence-corrected chi connectivity index (χ1v) is 12.2. The molecule has 2 aromatic carbocycles. The number of rotatable bonds is 6. The minimum atomic E-state index is -4.91. The summed E-state index contributed by atoms with van der Waals surface area (Å²) in [5, 5.41) is 21.1. The maximum Gasteiger partial charge on any atom is 0.416 e. The molecule has 2 heterocycles. The number of fused-ring (bicyclic) bond motifs is 1. The van der Waals surface area contributed by atoms with Crippen LogP contribution in [0.5, 0.6) is 5.75 Å². The summed E-state index contributed by atoms with van der Waals surface area (Å²) in [6, 6.07) is 4.04. The summed E-state index contributed by atoms with van der Waals surface area (Å²) in [4.78, 5) is 28.4. The fraction of sp³-hybridized carbons (Fsp3) is 0.167. The molecule has 4 rings (SSSR count). The van der Waals surface area contributed by atoms with Crippen molar-refractivity contribution < 1.29 is 40.6 Å². The molecule has 0 amide bonds. The molecule has 0 unspecified atom stereocenters. The average Bonchev–Trinajstić information content (AvgIpc) is 3.39. The van der Waals surface area contributed by atoms with Crippen molar-refractivity contribution in [2.24, 2.45) is 4.99 Å². The maximum absolute atomic E-state index is 12.9. The van der Waals surface area contributed by atoms with E-state index in [2.05, 4.69) is 9.98 Å². The monoisotopic (exact) mass is 533 g/mol. The number of nitro benzene ring substituents is 1. The number of aliphatic imine (C=N–C) groups is 1. The number of nitrogens with zero attached hydrogens (tertiary/aromatic N) is 3. The standard InChI is InChI=1S/C18H10F3N3O7S3/c19-18(20,21)8-1-4-14(12(5-8)24(27)28)34(29,30)31-9-2-3-10-13(6-9)33-16(22-10)15-23-11(7-32-15)17(25)26/h1-6,11H,7H2,(H,25,26)/t11-/m1/s1. The van der Waals surface area contributed by atoms with Crippen LogP contribution >= 0.6 is 23.1 Å². The summed E-state index contributed by atoms with van der Waals surface area (Å²) in [5.41, 5.74) is -2.22. The molecule has 0 bridgehead atoms. The van der Waals surface area contributed by atoms with Crippen molar-refractivity contribution >= 4 is 60.1 Å². The predicted octanol–water partition coefficient (Wildman–Crippen LogP) is 3.94. The fourth-order valence-electron chi connectivity index (χ4n) is 2.89. The van der Waals surface area contributed by atoms with Crippen LogP contribution in [0.4, 0.5) is 18.9 Å². The first kappa shape index (κ1) is 23.9. The Kier molecular flexibility index (Phi) is 5.99. The lowest BCUT2D eigenvalue weighted by molar-refractivity contribution is -0.388. The summed E-state index contributed by atoms with van der Waals surface area (Å²) < 4.78 is 69.3. The van der Waals surface area contributed by atoms with Crippen molar-refractivity contribution in [3.63, 3.8) is 0 Å². The molecular formula is C18H10F3N3O7S3. The van der Waals surface area contributed by atoms with Crippen molar-refractivity contribution in [1.29, 1.82) is 0 Å². The smallest absolute Gasteiger partial charge is 0.416 e. The number of nitro groups is 1. The summed E-state index contributed by atoms with van der Waals surface area (Å²) >= 11 is 2.31. The summed E-state index contributed by atoms with van der Waals surface area (Å²) in [6.45, 7) is 0. The zero-order valence-electron chi connectivity index (χ0n) is 16.3. The van der Waals surface area contributed by atoms with Gasteiger partial charge in [0.05, 0.1) is 20.7 Å². The number of halogens is 3. The highest BCUT2D eigenvalue weighted by molar-refractivity contribution is 8.15. The van der Waals surface area contributed by atoms with Crippen LogP contribution in [0, 0.1) is 10.1 Å². The summed E-state index contributed by atoms with van der Waals surface area (Å²) in [7, 11) is -4.86. The van der Waals surface area contributed by atoms with Gasteiger partial charge in [0.2, 0.25) is 0 Å². The zero-order chi connectivity index (χ0) is 24.8. The highest BCUT2D eigenvalue weighted by atomic mass is 32.2. The molecule has 178 valence electrons. The molecule has 0 aliphatic carbocycles. The van der Waals surface area contributed by atoms with E-state index in [-0.39, 0.29) is 17.6 Å². The van der Waals surface area contributed by atoms with E-state index in [1.165, 1.54) is 30.0 Å². The number of aromatic nitrogens is 1. The molecule has 1 atom stereocenters. The van der Waals surface area contributed by atoms with Crippen LogP contribution in [-0.2, 0) is 21.1 Å². The number of thiazole rings is 1. The molecular weight excluding hydrogens is 523 g/mol. The number of hydrogen-bond donors (Lipinski definition) is 1. The van der Waals surface area contributed by atoms with Gasteiger partial charge in [0.1, 0.15) is 15.8 Å². The highest BCUT2D eigenvalue weighted by Gasteiger charge is 2.36. The Morgan fingerprint density at radius 3 is 2.59 bits per heavy atom. The second-order valence-corrected chi connectivity index (χ2v) is 10.3. The van der Waals surface area contributed by atoms with E-state index >= 15 is 0 Å². The second-order valence-electron chi connectivity index (χ2n) is 6.72. The van der Waals surface area contributed by atoms with Gasteiger partial charge in [-0.25, -0.2) is 9.78 Å². The molecule has 1 N–H and O–H groups in total. The van der Waals surface area contributed by atoms with E-state index in [0.717, 1.165) is 11.3 Å². The molecule has 3 aromatic rings. The van der Waals surface area contributed by atoms with Crippen LogP contribution in [0.15, 0.2) is 46.3 Å². The average molecular weight is 533 g/mol. The molecule has 0 spiro atoms. The van der Waals surface area contributed by atoms with Crippen LogP contribution in [0.3, 0.4) is 0 Å². The first-order valence-electron chi connectivity index (χ1n) is 8.99. The third-order valence-corrected chi connectivity index (χ3v) is 7.94. The normalized spacial score (nSPS) is 16.4. The lowest BCUT2D eigenvalue weighted by Crippen LogP contribution is -2.17. The van der Waals surface area contributed by atoms with Crippen molar-refractivity contribution in [2.75, 3.05) is 5.75 Å². The van der Waals surface area contributed by atoms with Gasteiger partial charge in [0.15, 0.2) is 10.9 Å². The third kappa shape index (κ3) is 4.69. The van der Waals surface area contributed by atoms with E-state index in [4.69, 9.17) is 9.29 Å². The summed E-state index contributed by atoms with van der Waals surface area (Å²) in [6.07, 6.45) is -4.91. The van der Waals surface area contributed by atoms with Crippen LogP contribution < -0.4 is 4.18 Å². The first-order chi connectivity index (χ1) is 15.8. The number of carboxylic acid groups (broad SMARTS) is 1. The lowest BCUT2D eigenvalue weighted by Gasteiger charge is -2.10. The van der Waals surface area contributed by atoms with Crippen LogP contribution in [0.1, 0.15) is 10.6 Å². The second kappa shape index (κ2) is 8.52. The summed E-state index contributed by atoms with van der Waals surface area (Å²) in [5.74, 6) is -1.07. The molecule has 0 fully saturated rings. The minimum Gasteiger partial charge on any atom is -0.480 e. The Morgan fingerprint density at radius 2 is 1.97 bits per heavy atom. The number of thioether (sulfide) groups is 1. The number of carboxylic acids is 1. The molecule has 1 aliphatic heterocycles. The van der Waals surface area contributed by atoms with Gasteiger partial charge in [0, 0.05) is 17.9 Å². The van der Waals surface area contributed by atoms with Gasteiger partial charge < -0.3 is 9.29 Å². The van der Waals surface area contributed by atoms with Gasteiger partial charge in [-0.15, -0.1) is 23.1 Å². The largest absolute Gasteiger partial charge is 0.480 e. The Labute approximate surface area is 196 Å². The number of hydrogen-bond acceptors (Lipinski definition) is 10. The number of alkyl halides is 3. The molecule has 0 saturated carbocycles. The van der Waals surface area contributed by atoms with Gasteiger partial charge in [-0.3, -0.25) is 15.1 Å². The quantitative estimate of drug-likeness (QED) is 0.282. The predicted molar refractivity (Wildman–Crippen MR) is 116 cm³/mol. The molecule has 16 heteroatoms. The van der Waals surface area contributed by atoms with Crippen molar-refractivity contribution in [3.05, 3.63) is 57.1 Å². The molecule has 34 heavy (non-hydrogen) atoms. The Hall–Kier alpha value is -3.24. The molecule has 1 aliphatic rings. The van der Waals surface area contributed by atoms with Crippen LogP contribution in [0.2, 0.25) is 0 Å². The molecule has 10 nitrogen and oxygen atoms in total. The molecule has 0 saturated heterocycles. The lowest BCUT2D eigenvalue weighted by atomic mass is 10.2. The fourth-order valence-corrected chi connectivity index (χ4v) is 6.05. The van der Waals surface area contributed by atoms with Gasteiger partial charge in [-0.2, -0.15) is 21.6 Å². The van der Waals surface area contributed by atoms with Crippen molar-refractivity contribution in [3.8, 4) is 5.75 Å². The van der Waals surface area contributed by atoms with Crippen LogP contribution in [-0.4, -0.2) is 46.2 Å². The van der Waals surface area contributed by atoms with Gasteiger partial charge >= 0.3 is 22.3 Å². The Balaban J connectivity index is 1.65. The maximum atomic E-state index is 12.9. The molecule has 1 aromatic heterocycles. The van der Waals surface area contributed by atoms with E-state index in [9.17, 15) is 36.5 Å².